The molecular formula is C10H17NO2S. The first-order valence-corrected chi connectivity index (χ1v) is 6.47. The Morgan fingerprint density at radius 3 is 2.57 bits per heavy atom. The molecule has 0 unspecified atom stereocenters. The van der Waals surface area contributed by atoms with Gasteiger partial charge in [-0.25, -0.2) is 0 Å². The third kappa shape index (κ3) is 2.23. The van der Waals surface area contributed by atoms with E-state index in [1.807, 2.05) is 11.8 Å². The van der Waals surface area contributed by atoms with Crippen LogP contribution in [0.15, 0.2) is 0 Å². The summed E-state index contributed by atoms with van der Waals surface area (Å²) in [6.07, 6.45) is 3.34. The lowest BCUT2D eigenvalue weighted by molar-refractivity contribution is -0.141. The zero-order valence-electron chi connectivity index (χ0n) is 8.32. The van der Waals surface area contributed by atoms with Gasteiger partial charge >= 0.3 is 5.97 Å². The standard InChI is InChI=1S/C10H17NO2S/c12-10(13)8-1-4-11(7-8)9-2-5-14-6-3-9/h8-9H,1-7H2,(H,12,13)/t8-/m1/s1. The molecule has 2 heterocycles. The molecule has 2 fully saturated rings. The van der Waals surface area contributed by atoms with Gasteiger partial charge in [-0.15, -0.1) is 0 Å². The molecule has 0 amide bonds. The van der Waals surface area contributed by atoms with Crippen LogP contribution < -0.4 is 0 Å². The van der Waals surface area contributed by atoms with Gasteiger partial charge in [-0.3, -0.25) is 9.69 Å². The SMILES string of the molecule is O=C(O)[C@@H]1CCN(C2CCSCC2)C1. The molecule has 14 heavy (non-hydrogen) atoms. The zero-order valence-corrected chi connectivity index (χ0v) is 9.13. The van der Waals surface area contributed by atoms with Gasteiger partial charge in [-0.1, -0.05) is 0 Å². The van der Waals surface area contributed by atoms with Gasteiger partial charge in [0.25, 0.3) is 0 Å². The second-order valence-corrected chi connectivity index (χ2v) is 5.39. The Morgan fingerprint density at radius 2 is 2.00 bits per heavy atom. The van der Waals surface area contributed by atoms with Crippen LogP contribution in [0.3, 0.4) is 0 Å². The van der Waals surface area contributed by atoms with E-state index in [0.717, 1.165) is 19.5 Å². The largest absolute Gasteiger partial charge is 0.481 e. The van der Waals surface area contributed by atoms with Crippen molar-refractivity contribution in [2.45, 2.75) is 25.3 Å². The molecule has 4 heteroatoms. The van der Waals surface area contributed by atoms with E-state index in [2.05, 4.69) is 4.90 Å². The molecule has 0 aliphatic carbocycles. The van der Waals surface area contributed by atoms with E-state index in [9.17, 15) is 4.79 Å². The molecule has 2 rings (SSSR count). The first-order valence-electron chi connectivity index (χ1n) is 5.32. The highest BCUT2D eigenvalue weighted by Crippen LogP contribution is 2.26. The Bertz CT molecular complexity index is 216. The van der Waals surface area contributed by atoms with Crippen molar-refractivity contribution in [1.82, 2.24) is 4.90 Å². The van der Waals surface area contributed by atoms with E-state index in [1.54, 1.807) is 0 Å². The maximum atomic E-state index is 10.8. The predicted molar refractivity (Wildman–Crippen MR) is 57.7 cm³/mol. The van der Waals surface area contributed by atoms with Crippen LogP contribution in [-0.2, 0) is 4.79 Å². The molecule has 0 aromatic rings. The minimum Gasteiger partial charge on any atom is -0.481 e. The van der Waals surface area contributed by atoms with Crippen LogP contribution in [0.1, 0.15) is 19.3 Å². The normalized spacial score (nSPS) is 30.7. The number of carboxylic acid groups (broad SMARTS) is 1. The van der Waals surface area contributed by atoms with Gasteiger partial charge in [-0.05, 0) is 37.3 Å². The van der Waals surface area contributed by atoms with Gasteiger partial charge in [0, 0.05) is 12.6 Å². The van der Waals surface area contributed by atoms with Crippen molar-refractivity contribution in [3.05, 3.63) is 0 Å². The molecule has 2 aliphatic heterocycles. The monoisotopic (exact) mass is 215 g/mol. The third-order valence-electron chi connectivity index (χ3n) is 3.28. The topological polar surface area (TPSA) is 40.5 Å². The Morgan fingerprint density at radius 1 is 1.29 bits per heavy atom. The molecule has 1 N–H and O–H groups in total. The summed E-state index contributed by atoms with van der Waals surface area (Å²) in [6, 6.07) is 0.667. The van der Waals surface area contributed by atoms with Crippen LogP contribution in [0.4, 0.5) is 0 Å². The number of hydrogen-bond acceptors (Lipinski definition) is 3. The Kier molecular flexibility index (Phi) is 3.34. The van der Waals surface area contributed by atoms with E-state index in [0.29, 0.717) is 6.04 Å². The summed E-state index contributed by atoms with van der Waals surface area (Å²) in [5, 5.41) is 8.90. The Balaban J connectivity index is 1.85. The number of thioether (sulfide) groups is 1. The van der Waals surface area contributed by atoms with E-state index >= 15 is 0 Å². The van der Waals surface area contributed by atoms with E-state index in [1.165, 1.54) is 24.3 Å². The fraction of sp³-hybridized carbons (Fsp3) is 0.900. The summed E-state index contributed by atoms with van der Waals surface area (Å²) in [5.41, 5.74) is 0. The molecule has 0 aromatic carbocycles. The van der Waals surface area contributed by atoms with Crippen LogP contribution in [-0.4, -0.2) is 46.6 Å². The molecule has 0 saturated carbocycles. The molecule has 0 spiro atoms. The first-order chi connectivity index (χ1) is 6.77. The second kappa shape index (κ2) is 4.53. The fourth-order valence-corrected chi connectivity index (χ4v) is 3.45. The lowest BCUT2D eigenvalue weighted by atomic mass is 10.1. The van der Waals surface area contributed by atoms with Crippen molar-refractivity contribution in [2.24, 2.45) is 5.92 Å². The molecule has 80 valence electrons. The molecule has 0 aromatic heterocycles. The summed E-state index contributed by atoms with van der Waals surface area (Å²) < 4.78 is 0. The number of hydrogen-bond donors (Lipinski definition) is 1. The molecule has 3 nitrogen and oxygen atoms in total. The van der Waals surface area contributed by atoms with Crippen molar-refractivity contribution >= 4 is 17.7 Å². The van der Waals surface area contributed by atoms with Gasteiger partial charge < -0.3 is 5.11 Å². The third-order valence-corrected chi connectivity index (χ3v) is 4.32. The van der Waals surface area contributed by atoms with E-state index in [4.69, 9.17) is 5.11 Å². The van der Waals surface area contributed by atoms with Crippen molar-refractivity contribution in [1.29, 1.82) is 0 Å². The van der Waals surface area contributed by atoms with E-state index < -0.39 is 5.97 Å². The summed E-state index contributed by atoms with van der Waals surface area (Å²) >= 11 is 2.02. The van der Waals surface area contributed by atoms with Crippen LogP contribution in [0.5, 0.6) is 0 Å². The minimum absolute atomic E-state index is 0.107. The van der Waals surface area contributed by atoms with E-state index in [-0.39, 0.29) is 5.92 Å². The number of rotatable bonds is 2. The number of nitrogens with zero attached hydrogens (tertiary/aromatic N) is 1. The maximum Gasteiger partial charge on any atom is 0.307 e. The fourth-order valence-electron chi connectivity index (χ4n) is 2.37. The van der Waals surface area contributed by atoms with Gasteiger partial charge in [0.05, 0.1) is 5.92 Å². The molecular weight excluding hydrogens is 198 g/mol. The van der Waals surface area contributed by atoms with Crippen LogP contribution in [0, 0.1) is 5.92 Å². The van der Waals surface area contributed by atoms with Crippen LogP contribution in [0.2, 0.25) is 0 Å². The van der Waals surface area contributed by atoms with Crippen LogP contribution >= 0.6 is 11.8 Å². The highest BCUT2D eigenvalue weighted by Gasteiger charge is 2.32. The molecule has 2 saturated heterocycles. The maximum absolute atomic E-state index is 10.8. The van der Waals surface area contributed by atoms with Gasteiger partial charge in [0.2, 0.25) is 0 Å². The van der Waals surface area contributed by atoms with Crippen molar-refractivity contribution in [3.8, 4) is 0 Å². The van der Waals surface area contributed by atoms with Crippen molar-refractivity contribution in [2.75, 3.05) is 24.6 Å². The van der Waals surface area contributed by atoms with Crippen LogP contribution in [0.25, 0.3) is 0 Å². The molecule has 2 aliphatic rings. The van der Waals surface area contributed by atoms with Crippen molar-refractivity contribution < 1.29 is 9.90 Å². The van der Waals surface area contributed by atoms with Gasteiger partial charge in [-0.2, -0.15) is 11.8 Å². The first kappa shape index (κ1) is 10.3. The second-order valence-electron chi connectivity index (χ2n) is 4.16. The average Bonchev–Trinajstić information content (AvgIpc) is 2.68. The summed E-state index contributed by atoms with van der Waals surface area (Å²) in [4.78, 5) is 13.2. The molecule has 0 bridgehead atoms. The average molecular weight is 215 g/mol. The lowest BCUT2D eigenvalue weighted by Crippen LogP contribution is -2.36. The van der Waals surface area contributed by atoms with Gasteiger partial charge in [0.15, 0.2) is 0 Å². The number of likely N-dealkylation sites (tertiary alicyclic amines) is 1. The quantitative estimate of drug-likeness (QED) is 0.753. The smallest absolute Gasteiger partial charge is 0.307 e. The highest BCUT2D eigenvalue weighted by molar-refractivity contribution is 7.99. The lowest BCUT2D eigenvalue weighted by Gasteiger charge is -2.30. The van der Waals surface area contributed by atoms with Crippen molar-refractivity contribution in [3.63, 3.8) is 0 Å². The summed E-state index contributed by atoms with van der Waals surface area (Å²) in [5.74, 6) is 1.78. The zero-order chi connectivity index (χ0) is 9.97. The number of carboxylic acids is 1. The minimum atomic E-state index is -0.613. The summed E-state index contributed by atoms with van der Waals surface area (Å²) in [7, 11) is 0. The molecule has 1 atom stereocenters. The van der Waals surface area contributed by atoms with Gasteiger partial charge in [0.1, 0.15) is 0 Å². The molecule has 0 radical (unpaired) electrons. The number of aliphatic carboxylic acids is 1. The highest BCUT2D eigenvalue weighted by atomic mass is 32.2. The Labute approximate surface area is 88.9 Å². The Hall–Kier alpha value is -0.220. The predicted octanol–water partition coefficient (Wildman–Crippen LogP) is 1.29. The number of carbonyl (C=O) groups is 1. The summed E-state index contributed by atoms with van der Waals surface area (Å²) in [6.45, 7) is 1.77.